The van der Waals surface area contributed by atoms with E-state index in [0.717, 1.165) is 29.3 Å². The normalized spacial score (nSPS) is 16.5. The number of benzene rings is 2. The van der Waals surface area contributed by atoms with Crippen molar-refractivity contribution in [2.75, 3.05) is 20.2 Å². The minimum atomic E-state index is -0.480. The van der Waals surface area contributed by atoms with Gasteiger partial charge in [-0.15, -0.1) is 0 Å². The summed E-state index contributed by atoms with van der Waals surface area (Å²) >= 11 is 5.98. The van der Waals surface area contributed by atoms with Crippen molar-refractivity contribution in [1.82, 2.24) is 9.47 Å². The first-order valence-corrected chi connectivity index (χ1v) is 10.7. The van der Waals surface area contributed by atoms with E-state index in [1.54, 1.807) is 46.9 Å². The van der Waals surface area contributed by atoms with Gasteiger partial charge in [0.15, 0.2) is 0 Å². The summed E-state index contributed by atoms with van der Waals surface area (Å²) in [6, 6.07) is 12.3. The Bertz CT molecular complexity index is 1140. The van der Waals surface area contributed by atoms with E-state index < -0.39 is 6.10 Å². The zero-order chi connectivity index (χ0) is 22.1. The van der Waals surface area contributed by atoms with Crippen LogP contribution in [0.1, 0.15) is 34.5 Å². The van der Waals surface area contributed by atoms with Gasteiger partial charge >= 0.3 is 0 Å². The molecule has 3 aromatic rings. The second-order valence-electron chi connectivity index (χ2n) is 7.91. The van der Waals surface area contributed by atoms with E-state index in [1.165, 1.54) is 0 Å². The largest absolute Gasteiger partial charge is 0.497 e. The third kappa shape index (κ3) is 4.18. The highest BCUT2D eigenvalue weighted by Gasteiger charge is 2.26. The molecular formula is C24H25ClN2O4. The first-order chi connectivity index (χ1) is 14.9. The fraction of sp³-hybridized carbons (Fsp3) is 0.333. The van der Waals surface area contributed by atoms with E-state index in [9.17, 15) is 14.7 Å². The minimum absolute atomic E-state index is 0.0531. The number of carbonyl (C=O) groups is 2. The molecule has 1 amide bonds. The Morgan fingerprint density at radius 1 is 1.19 bits per heavy atom. The third-order valence-corrected chi connectivity index (χ3v) is 6.17. The Morgan fingerprint density at radius 3 is 2.61 bits per heavy atom. The number of nitrogens with zero attached hydrogens (tertiary/aromatic N) is 2. The molecule has 0 spiro atoms. The van der Waals surface area contributed by atoms with E-state index in [4.69, 9.17) is 16.3 Å². The average molecular weight is 441 g/mol. The fourth-order valence-corrected chi connectivity index (χ4v) is 4.37. The monoisotopic (exact) mass is 440 g/mol. The topological polar surface area (TPSA) is 71.8 Å². The van der Waals surface area contributed by atoms with E-state index >= 15 is 0 Å². The number of carbonyl (C=O) groups excluding carboxylic acids is 2. The van der Waals surface area contributed by atoms with Crippen LogP contribution in [-0.4, -0.2) is 52.7 Å². The number of piperidine rings is 1. The van der Waals surface area contributed by atoms with Crippen molar-refractivity contribution < 1.29 is 19.4 Å². The van der Waals surface area contributed by atoms with Crippen LogP contribution in [0.4, 0.5) is 0 Å². The summed E-state index contributed by atoms with van der Waals surface area (Å²) in [5, 5.41) is 11.3. The summed E-state index contributed by atoms with van der Waals surface area (Å²) in [5.74, 6) is 0.421. The van der Waals surface area contributed by atoms with Crippen LogP contribution in [0.25, 0.3) is 10.9 Å². The molecule has 1 saturated heterocycles. The highest BCUT2D eigenvalue weighted by molar-refractivity contribution is 6.30. The van der Waals surface area contributed by atoms with Gasteiger partial charge in [0.25, 0.3) is 5.91 Å². The highest BCUT2D eigenvalue weighted by atomic mass is 35.5. The molecule has 0 aliphatic carbocycles. The van der Waals surface area contributed by atoms with Gasteiger partial charge in [0.1, 0.15) is 5.75 Å². The van der Waals surface area contributed by atoms with E-state index in [-0.39, 0.29) is 18.2 Å². The maximum atomic E-state index is 13.4. The van der Waals surface area contributed by atoms with Crippen molar-refractivity contribution in [1.29, 1.82) is 0 Å². The Balaban J connectivity index is 1.77. The Morgan fingerprint density at radius 2 is 1.94 bits per heavy atom. The van der Waals surface area contributed by atoms with Crippen LogP contribution < -0.4 is 4.74 Å². The number of ether oxygens (including phenoxy) is 1. The van der Waals surface area contributed by atoms with Gasteiger partial charge in [0, 0.05) is 34.8 Å². The smallest absolute Gasteiger partial charge is 0.262 e. The van der Waals surface area contributed by atoms with Crippen molar-refractivity contribution in [3.63, 3.8) is 0 Å². The summed E-state index contributed by atoms with van der Waals surface area (Å²) in [7, 11) is 1.59. The summed E-state index contributed by atoms with van der Waals surface area (Å²) in [4.78, 5) is 28.1. The molecule has 4 rings (SSSR count). The fourth-order valence-electron chi connectivity index (χ4n) is 4.24. The van der Waals surface area contributed by atoms with Gasteiger partial charge in [-0.1, -0.05) is 11.6 Å². The van der Waals surface area contributed by atoms with Gasteiger partial charge in [-0.05, 0) is 67.8 Å². The summed E-state index contributed by atoms with van der Waals surface area (Å²) in [6.45, 7) is 2.85. The van der Waals surface area contributed by atoms with Gasteiger partial charge in [0.2, 0.25) is 5.91 Å². The van der Waals surface area contributed by atoms with Gasteiger partial charge in [-0.25, -0.2) is 0 Å². The maximum Gasteiger partial charge on any atom is 0.262 e. The lowest BCUT2D eigenvalue weighted by Crippen LogP contribution is -2.42. The number of fused-ring (bicyclic) bond motifs is 1. The van der Waals surface area contributed by atoms with Crippen LogP contribution >= 0.6 is 11.6 Å². The number of β-amino-alcohol motifs (C(OH)–C–C–N with tert-alkyl or cyclic N) is 1. The summed E-state index contributed by atoms with van der Waals surface area (Å²) in [5.41, 5.74) is 2.74. The molecule has 2 heterocycles. The molecule has 0 bridgehead atoms. The van der Waals surface area contributed by atoms with Crippen LogP contribution in [0.15, 0.2) is 42.5 Å². The maximum absolute atomic E-state index is 13.4. The Hall–Kier alpha value is -2.83. The van der Waals surface area contributed by atoms with Crippen LogP contribution in [0, 0.1) is 6.92 Å². The number of amides is 1. The van der Waals surface area contributed by atoms with Crippen molar-refractivity contribution in [3.05, 3.63) is 64.3 Å². The Labute approximate surface area is 186 Å². The average Bonchev–Trinajstić information content (AvgIpc) is 3.04. The molecule has 0 saturated carbocycles. The lowest BCUT2D eigenvalue weighted by Gasteiger charge is -2.30. The zero-order valence-corrected chi connectivity index (χ0v) is 18.4. The standard InChI is InChI=1S/C24H25ClN2O4/c1-15-20(13-23(29)26-11-3-4-18(28)14-26)21-12-19(31-2)9-10-22(21)27(15)24(30)16-5-7-17(25)8-6-16/h5-10,12,18,28H,3-4,11,13-14H2,1-2H3. The second-order valence-corrected chi connectivity index (χ2v) is 8.34. The molecular weight excluding hydrogens is 416 g/mol. The molecule has 7 heteroatoms. The van der Waals surface area contributed by atoms with E-state index in [0.29, 0.717) is 35.1 Å². The molecule has 1 aromatic heterocycles. The van der Waals surface area contributed by atoms with E-state index in [1.807, 2.05) is 19.1 Å². The van der Waals surface area contributed by atoms with Gasteiger partial charge in [0.05, 0.1) is 25.2 Å². The number of hydrogen-bond donors (Lipinski definition) is 1. The highest BCUT2D eigenvalue weighted by Crippen LogP contribution is 2.31. The summed E-state index contributed by atoms with van der Waals surface area (Å²) < 4.78 is 7.03. The number of likely N-dealkylation sites (tertiary alicyclic amines) is 1. The number of halogens is 1. The number of hydrogen-bond acceptors (Lipinski definition) is 4. The molecule has 6 nitrogen and oxygen atoms in total. The molecule has 162 valence electrons. The van der Waals surface area contributed by atoms with Crippen molar-refractivity contribution >= 4 is 34.3 Å². The summed E-state index contributed by atoms with van der Waals surface area (Å²) in [6.07, 6.45) is 1.18. The molecule has 2 aromatic carbocycles. The van der Waals surface area contributed by atoms with Crippen molar-refractivity contribution in [2.24, 2.45) is 0 Å². The number of aliphatic hydroxyl groups is 1. The molecule has 1 aliphatic rings. The number of aromatic nitrogens is 1. The lowest BCUT2D eigenvalue weighted by molar-refractivity contribution is -0.133. The Kier molecular flexibility index (Phi) is 6.03. The molecule has 1 aliphatic heterocycles. The molecule has 31 heavy (non-hydrogen) atoms. The molecule has 1 unspecified atom stereocenters. The van der Waals surface area contributed by atoms with Gasteiger partial charge in [-0.3, -0.25) is 14.2 Å². The number of aliphatic hydroxyl groups excluding tert-OH is 1. The molecule has 1 atom stereocenters. The van der Waals surface area contributed by atoms with Gasteiger partial charge in [-0.2, -0.15) is 0 Å². The minimum Gasteiger partial charge on any atom is -0.497 e. The van der Waals surface area contributed by atoms with Crippen LogP contribution in [0.2, 0.25) is 5.02 Å². The number of rotatable bonds is 4. The predicted octanol–water partition coefficient (Wildman–Crippen LogP) is 3.83. The SMILES string of the molecule is COc1ccc2c(c1)c(CC(=O)N1CCCC(O)C1)c(C)n2C(=O)c1ccc(Cl)cc1. The van der Waals surface area contributed by atoms with E-state index in [2.05, 4.69) is 0 Å². The van der Waals surface area contributed by atoms with Crippen LogP contribution in [0.3, 0.4) is 0 Å². The van der Waals surface area contributed by atoms with Crippen LogP contribution in [0.5, 0.6) is 5.75 Å². The van der Waals surface area contributed by atoms with Crippen LogP contribution in [-0.2, 0) is 11.2 Å². The predicted molar refractivity (Wildman–Crippen MR) is 120 cm³/mol. The number of methoxy groups -OCH3 is 1. The quantitative estimate of drug-likeness (QED) is 0.669. The molecule has 1 N–H and O–H groups in total. The molecule has 1 fully saturated rings. The zero-order valence-electron chi connectivity index (χ0n) is 17.6. The first kappa shape index (κ1) is 21.4. The van der Waals surface area contributed by atoms with Crippen molar-refractivity contribution in [3.8, 4) is 5.75 Å². The lowest BCUT2D eigenvalue weighted by atomic mass is 10.0. The van der Waals surface area contributed by atoms with Gasteiger partial charge < -0.3 is 14.7 Å². The van der Waals surface area contributed by atoms with Crippen molar-refractivity contribution in [2.45, 2.75) is 32.3 Å². The molecule has 0 radical (unpaired) electrons. The first-order valence-electron chi connectivity index (χ1n) is 10.3. The second kappa shape index (κ2) is 8.73. The third-order valence-electron chi connectivity index (χ3n) is 5.91.